The zero-order valence-corrected chi connectivity index (χ0v) is 13.5. The summed E-state index contributed by atoms with van der Waals surface area (Å²) in [6, 6.07) is 16.8. The molecular weight excluding hydrogens is 303 g/mol. The Kier molecular flexibility index (Phi) is 5.01. The summed E-state index contributed by atoms with van der Waals surface area (Å²) in [4.78, 5) is 8.62. The number of halogens is 1. The maximum Gasteiger partial charge on any atom is 0.191 e. The zero-order valence-electron chi connectivity index (χ0n) is 13.5. The van der Waals surface area contributed by atoms with Gasteiger partial charge in [-0.05, 0) is 17.7 Å². The smallest absolute Gasteiger partial charge is 0.191 e. The molecule has 0 aliphatic heterocycles. The van der Waals surface area contributed by atoms with Crippen molar-refractivity contribution < 1.29 is 4.39 Å². The predicted octanol–water partition coefficient (Wildman–Crippen LogP) is 3.24. The third kappa shape index (κ3) is 3.68. The van der Waals surface area contributed by atoms with Crippen molar-refractivity contribution in [3.63, 3.8) is 0 Å². The Labute approximate surface area is 140 Å². The topological polar surface area (TPSA) is 49.3 Å². The van der Waals surface area contributed by atoms with Crippen LogP contribution in [0.2, 0.25) is 0 Å². The van der Waals surface area contributed by atoms with E-state index in [2.05, 4.69) is 20.6 Å². The fourth-order valence-corrected chi connectivity index (χ4v) is 2.53. The molecule has 0 atom stereocenters. The van der Waals surface area contributed by atoms with Crippen LogP contribution in [-0.2, 0) is 13.1 Å². The van der Waals surface area contributed by atoms with E-state index in [1.807, 2.05) is 36.4 Å². The molecule has 3 rings (SSSR count). The van der Waals surface area contributed by atoms with E-state index in [9.17, 15) is 4.39 Å². The second-order valence-electron chi connectivity index (χ2n) is 5.36. The van der Waals surface area contributed by atoms with Gasteiger partial charge in [-0.3, -0.25) is 9.98 Å². The maximum absolute atomic E-state index is 13.7. The first-order chi connectivity index (χ1) is 11.8. The molecule has 1 heterocycles. The Morgan fingerprint density at radius 3 is 2.46 bits per heavy atom. The van der Waals surface area contributed by atoms with Gasteiger partial charge in [0, 0.05) is 37.3 Å². The third-order valence-electron chi connectivity index (χ3n) is 3.79. The van der Waals surface area contributed by atoms with E-state index < -0.39 is 0 Å². The van der Waals surface area contributed by atoms with E-state index in [1.165, 1.54) is 6.07 Å². The summed E-state index contributed by atoms with van der Waals surface area (Å²) in [6.07, 6.45) is 1.79. The summed E-state index contributed by atoms with van der Waals surface area (Å²) < 4.78 is 13.7. The maximum atomic E-state index is 13.7. The van der Waals surface area contributed by atoms with Crippen LogP contribution in [-0.4, -0.2) is 18.0 Å². The van der Waals surface area contributed by atoms with Crippen LogP contribution < -0.4 is 10.6 Å². The van der Waals surface area contributed by atoms with Crippen LogP contribution in [0.25, 0.3) is 10.9 Å². The second-order valence-corrected chi connectivity index (χ2v) is 5.36. The number of hydrogen-bond acceptors (Lipinski definition) is 2. The fraction of sp³-hybridized carbons (Fsp3) is 0.158. The molecule has 5 heteroatoms. The molecule has 24 heavy (non-hydrogen) atoms. The largest absolute Gasteiger partial charge is 0.352 e. The molecule has 2 aromatic carbocycles. The van der Waals surface area contributed by atoms with Gasteiger partial charge < -0.3 is 10.6 Å². The number of nitrogens with zero attached hydrogens (tertiary/aromatic N) is 2. The molecule has 0 saturated carbocycles. The first-order valence-electron chi connectivity index (χ1n) is 7.78. The minimum atomic E-state index is -0.223. The van der Waals surface area contributed by atoms with Crippen molar-refractivity contribution in [3.05, 3.63) is 77.7 Å². The van der Waals surface area contributed by atoms with Crippen molar-refractivity contribution in [1.29, 1.82) is 0 Å². The van der Waals surface area contributed by atoms with Crippen molar-refractivity contribution in [2.24, 2.45) is 4.99 Å². The molecule has 0 aliphatic carbocycles. The van der Waals surface area contributed by atoms with Gasteiger partial charge in [-0.2, -0.15) is 0 Å². The van der Waals surface area contributed by atoms with Gasteiger partial charge in [-0.1, -0.05) is 42.5 Å². The van der Waals surface area contributed by atoms with Crippen molar-refractivity contribution >= 4 is 16.9 Å². The van der Waals surface area contributed by atoms with Crippen molar-refractivity contribution in [2.75, 3.05) is 7.05 Å². The molecule has 0 radical (unpaired) electrons. The lowest BCUT2D eigenvalue weighted by atomic mass is 10.1. The summed E-state index contributed by atoms with van der Waals surface area (Å²) in [5.74, 6) is 0.393. The van der Waals surface area contributed by atoms with Gasteiger partial charge in [0.25, 0.3) is 0 Å². The summed E-state index contributed by atoms with van der Waals surface area (Å²) in [5, 5.41) is 7.47. The van der Waals surface area contributed by atoms with Crippen LogP contribution in [0.15, 0.2) is 65.8 Å². The van der Waals surface area contributed by atoms with E-state index in [4.69, 9.17) is 0 Å². The zero-order chi connectivity index (χ0) is 16.8. The van der Waals surface area contributed by atoms with Crippen LogP contribution in [0.1, 0.15) is 11.1 Å². The lowest BCUT2D eigenvalue weighted by Gasteiger charge is -2.13. The summed E-state index contributed by atoms with van der Waals surface area (Å²) in [7, 11) is 1.69. The van der Waals surface area contributed by atoms with E-state index in [0.717, 1.165) is 16.5 Å². The quantitative estimate of drug-likeness (QED) is 0.573. The van der Waals surface area contributed by atoms with E-state index >= 15 is 0 Å². The third-order valence-corrected chi connectivity index (χ3v) is 3.79. The number of aromatic nitrogens is 1. The molecule has 0 unspecified atom stereocenters. The number of fused-ring (bicyclic) bond motifs is 1. The molecule has 0 aliphatic rings. The molecule has 3 aromatic rings. The highest BCUT2D eigenvalue weighted by atomic mass is 19.1. The molecule has 0 saturated heterocycles. The Bertz CT molecular complexity index is 855. The SMILES string of the molecule is CN=C(NCc1ccccc1F)NCc1cccc2cccnc12. The van der Waals surface area contributed by atoms with Crippen LogP contribution >= 0.6 is 0 Å². The fourth-order valence-electron chi connectivity index (χ4n) is 2.53. The molecule has 0 fully saturated rings. The van der Waals surface area contributed by atoms with Gasteiger partial charge >= 0.3 is 0 Å². The first kappa shape index (κ1) is 15.9. The number of hydrogen-bond donors (Lipinski definition) is 2. The molecule has 2 N–H and O–H groups in total. The van der Waals surface area contributed by atoms with Crippen molar-refractivity contribution in [3.8, 4) is 0 Å². The van der Waals surface area contributed by atoms with Gasteiger partial charge in [0.05, 0.1) is 5.52 Å². The summed E-state index contributed by atoms with van der Waals surface area (Å²) >= 11 is 0. The number of para-hydroxylation sites is 1. The van der Waals surface area contributed by atoms with Crippen molar-refractivity contribution in [2.45, 2.75) is 13.1 Å². The number of benzene rings is 2. The highest BCUT2D eigenvalue weighted by Gasteiger charge is 2.05. The normalized spacial score (nSPS) is 11.5. The Hall–Kier alpha value is -2.95. The van der Waals surface area contributed by atoms with Gasteiger partial charge in [0.1, 0.15) is 5.82 Å². The molecule has 0 bridgehead atoms. The van der Waals surface area contributed by atoms with Crippen LogP contribution in [0, 0.1) is 5.82 Å². The second kappa shape index (κ2) is 7.55. The van der Waals surface area contributed by atoms with Crippen LogP contribution in [0.3, 0.4) is 0 Å². The molecule has 0 spiro atoms. The minimum absolute atomic E-state index is 0.223. The highest BCUT2D eigenvalue weighted by molar-refractivity contribution is 5.83. The lowest BCUT2D eigenvalue weighted by Crippen LogP contribution is -2.36. The Balaban J connectivity index is 1.65. The molecular formula is C19H19FN4. The first-order valence-corrected chi connectivity index (χ1v) is 7.78. The van der Waals surface area contributed by atoms with Gasteiger partial charge in [0.2, 0.25) is 0 Å². The number of guanidine groups is 1. The van der Waals surface area contributed by atoms with E-state index in [1.54, 1.807) is 25.4 Å². The van der Waals surface area contributed by atoms with Crippen LogP contribution in [0.4, 0.5) is 4.39 Å². The lowest BCUT2D eigenvalue weighted by molar-refractivity contribution is 0.604. The Morgan fingerprint density at radius 1 is 0.958 bits per heavy atom. The number of pyridine rings is 1. The predicted molar refractivity (Wildman–Crippen MR) is 95.2 cm³/mol. The molecule has 0 amide bonds. The highest BCUT2D eigenvalue weighted by Crippen LogP contribution is 2.15. The monoisotopic (exact) mass is 322 g/mol. The average Bonchev–Trinajstić information content (AvgIpc) is 2.63. The number of rotatable bonds is 4. The van der Waals surface area contributed by atoms with E-state index in [0.29, 0.717) is 24.6 Å². The standard InChI is InChI=1S/C19H19FN4/c1-21-19(23-12-15-6-2-3-10-17(15)20)24-13-16-8-4-7-14-9-5-11-22-18(14)16/h2-11H,12-13H2,1H3,(H2,21,23,24). The van der Waals surface area contributed by atoms with Gasteiger partial charge in [-0.25, -0.2) is 4.39 Å². The van der Waals surface area contributed by atoms with Crippen molar-refractivity contribution in [1.82, 2.24) is 15.6 Å². The number of aliphatic imine (C=N–C) groups is 1. The molecule has 4 nitrogen and oxygen atoms in total. The average molecular weight is 322 g/mol. The van der Waals surface area contributed by atoms with Crippen LogP contribution in [0.5, 0.6) is 0 Å². The molecule has 1 aromatic heterocycles. The minimum Gasteiger partial charge on any atom is -0.352 e. The Morgan fingerprint density at radius 2 is 1.67 bits per heavy atom. The summed E-state index contributed by atoms with van der Waals surface area (Å²) in [5.41, 5.74) is 2.66. The van der Waals surface area contributed by atoms with Gasteiger partial charge in [-0.15, -0.1) is 0 Å². The molecule has 122 valence electrons. The number of nitrogens with one attached hydrogen (secondary N) is 2. The van der Waals surface area contributed by atoms with E-state index in [-0.39, 0.29) is 5.82 Å². The van der Waals surface area contributed by atoms with Gasteiger partial charge in [0.15, 0.2) is 5.96 Å². The summed E-state index contributed by atoms with van der Waals surface area (Å²) in [6.45, 7) is 0.964.